The lowest BCUT2D eigenvalue weighted by Gasteiger charge is -2.10. The number of pyridine rings is 1. The zero-order chi connectivity index (χ0) is 18.5. The van der Waals surface area contributed by atoms with Crippen LogP contribution < -0.4 is 15.6 Å². The molecular weight excluding hydrogens is 352 g/mol. The minimum absolute atomic E-state index is 0.0652. The zero-order valence-corrected chi connectivity index (χ0v) is 14.9. The molecule has 26 heavy (non-hydrogen) atoms. The molecule has 3 aromatic rings. The van der Waals surface area contributed by atoms with Crippen LogP contribution in [0.15, 0.2) is 71.7 Å². The number of hydrogen-bond donors (Lipinski definition) is 1. The minimum atomic E-state index is -0.464. The van der Waals surface area contributed by atoms with E-state index in [0.29, 0.717) is 23.0 Å². The summed E-state index contributed by atoms with van der Waals surface area (Å²) in [5, 5.41) is 3.30. The number of benzene rings is 2. The Morgan fingerprint density at radius 1 is 1.08 bits per heavy atom. The van der Waals surface area contributed by atoms with E-state index in [0.717, 1.165) is 5.56 Å². The molecule has 0 spiro atoms. The second kappa shape index (κ2) is 7.89. The van der Waals surface area contributed by atoms with E-state index in [4.69, 9.17) is 16.3 Å². The number of aromatic nitrogens is 1. The summed E-state index contributed by atoms with van der Waals surface area (Å²) in [5.41, 5.74) is 1.08. The summed E-state index contributed by atoms with van der Waals surface area (Å²) in [6.45, 7) is 0.294. The van der Waals surface area contributed by atoms with Crippen molar-refractivity contribution in [1.82, 2.24) is 4.57 Å². The largest absolute Gasteiger partial charge is 0.497 e. The molecule has 1 N–H and O–H groups in total. The van der Waals surface area contributed by atoms with E-state index in [1.165, 1.54) is 10.6 Å². The van der Waals surface area contributed by atoms with Crippen molar-refractivity contribution in [3.63, 3.8) is 0 Å². The van der Waals surface area contributed by atoms with E-state index in [2.05, 4.69) is 5.32 Å². The fourth-order valence-corrected chi connectivity index (χ4v) is 2.71. The maximum atomic E-state index is 12.7. The van der Waals surface area contributed by atoms with Gasteiger partial charge in [0.1, 0.15) is 11.3 Å². The van der Waals surface area contributed by atoms with Crippen molar-refractivity contribution in [2.24, 2.45) is 0 Å². The molecule has 1 aromatic heterocycles. The number of amides is 1. The lowest BCUT2D eigenvalue weighted by atomic mass is 10.2. The number of methoxy groups -OCH3 is 1. The maximum Gasteiger partial charge on any atom is 0.263 e. The minimum Gasteiger partial charge on any atom is -0.497 e. The Morgan fingerprint density at radius 2 is 1.81 bits per heavy atom. The fraction of sp³-hybridized carbons (Fsp3) is 0.100. The fourth-order valence-electron chi connectivity index (χ4n) is 2.52. The summed E-state index contributed by atoms with van der Waals surface area (Å²) in [6, 6.07) is 17.4. The summed E-state index contributed by atoms with van der Waals surface area (Å²) < 4.78 is 6.55. The van der Waals surface area contributed by atoms with Crippen LogP contribution in [0.3, 0.4) is 0 Å². The van der Waals surface area contributed by atoms with Gasteiger partial charge in [0.2, 0.25) is 0 Å². The van der Waals surface area contributed by atoms with Crippen molar-refractivity contribution in [3.05, 3.63) is 93.4 Å². The molecule has 6 heteroatoms. The Kier molecular flexibility index (Phi) is 5.39. The number of ether oxygens (including phenoxy) is 1. The second-order valence-electron chi connectivity index (χ2n) is 5.63. The predicted octanol–water partition coefficient (Wildman–Crippen LogP) is 3.81. The first-order valence-corrected chi connectivity index (χ1v) is 8.34. The van der Waals surface area contributed by atoms with Gasteiger partial charge >= 0.3 is 0 Å². The van der Waals surface area contributed by atoms with E-state index >= 15 is 0 Å². The lowest BCUT2D eigenvalue weighted by molar-refractivity contribution is 0.102. The van der Waals surface area contributed by atoms with E-state index in [9.17, 15) is 9.59 Å². The molecule has 0 atom stereocenters. The topological polar surface area (TPSA) is 60.3 Å². The number of carbonyl (C=O) groups excluding carboxylic acids is 1. The first kappa shape index (κ1) is 17.8. The molecule has 0 aliphatic carbocycles. The summed E-state index contributed by atoms with van der Waals surface area (Å²) in [6.07, 6.45) is 1.63. The van der Waals surface area contributed by atoms with Crippen molar-refractivity contribution in [3.8, 4) is 5.75 Å². The molecule has 3 rings (SSSR count). The first-order valence-electron chi connectivity index (χ1n) is 7.97. The Hall–Kier alpha value is -3.05. The van der Waals surface area contributed by atoms with E-state index in [1.54, 1.807) is 49.7 Å². The van der Waals surface area contributed by atoms with Gasteiger partial charge < -0.3 is 14.6 Å². The molecule has 0 fully saturated rings. The number of rotatable bonds is 5. The molecule has 0 saturated heterocycles. The first-order chi connectivity index (χ1) is 12.6. The van der Waals surface area contributed by atoms with Gasteiger partial charge in [-0.05, 0) is 48.0 Å². The van der Waals surface area contributed by atoms with E-state index in [1.807, 2.05) is 18.2 Å². The molecule has 132 valence electrons. The van der Waals surface area contributed by atoms with Gasteiger partial charge in [0.15, 0.2) is 0 Å². The zero-order valence-electron chi connectivity index (χ0n) is 14.1. The smallest absolute Gasteiger partial charge is 0.263 e. The highest BCUT2D eigenvalue weighted by Gasteiger charge is 2.13. The molecule has 0 aliphatic rings. The third kappa shape index (κ3) is 3.95. The second-order valence-corrected chi connectivity index (χ2v) is 6.04. The van der Waals surface area contributed by atoms with E-state index in [-0.39, 0.29) is 11.1 Å². The molecule has 0 radical (unpaired) electrons. The standard InChI is InChI=1S/C20H17ClN2O3/c1-26-16-10-8-15(9-11-16)22-19(24)17-6-4-12-23(20(17)25)13-14-5-2-3-7-18(14)21/h2-12H,13H2,1H3,(H,22,24). The molecule has 1 heterocycles. The number of anilines is 1. The van der Waals surface area contributed by atoms with Gasteiger partial charge in [-0.25, -0.2) is 0 Å². The number of hydrogen-bond acceptors (Lipinski definition) is 3. The number of halogens is 1. The van der Waals surface area contributed by atoms with Crippen LogP contribution in [0.25, 0.3) is 0 Å². The number of nitrogens with zero attached hydrogens (tertiary/aromatic N) is 1. The number of carbonyl (C=O) groups is 1. The van der Waals surface area contributed by atoms with Gasteiger partial charge in [0, 0.05) is 16.9 Å². The maximum absolute atomic E-state index is 12.7. The van der Waals surface area contributed by atoms with Crippen molar-refractivity contribution in [2.75, 3.05) is 12.4 Å². The average Bonchev–Trinajstić information content (AvgIpc) is 2.65. The quantitative estimate of drug-likeness (QED) is 0.745. The third-order valence-electron chi connectivity index (χ3n) is 3.91. The summed E-state index contributed by atoms with van der Waals surface area (Å²) >= 11 is 6.16. The van der Waals surface area contributed by atoms with Gasteiger partial charge in [-0.2, -0.15) is 0 Å². The van der Waals surface area contributed by atoms with E-state index < -0.39 is 5.91 Å². The Labute approximate surface area is 155 Å². The van der Waals surface area contributed by atoms with Crippen LogP contribution in [0.2, 0.25) is 5.02 Å². The third-order valence-corrected chi connectivity index (χ3v) is 4.28. The van der Waals surface area contributed by atoms with Crippen LogP contribution in [0, 0.1) is 0 Å². The SMILES string of the molecule is COc1ccc(NC(=O)c2cccn(Cc3ccccc3Cl)c2=O)cc1. The van der Waals surface area contributed by atoms with Crippen molar-refractivity contribution in [2.45, 2.75) is 6.54 Å². The van der Waals surface area contributed by atoms with Gasteiger partial charge in [-0.15, -0.1) is 0 Å². The Balaban J connectivity index is 1.83. The summed E-state index contributed by atoms with van der Waals surface area (Å²) in [4.78, 5) is 25.1. The molecule has 0 bridgehead atoms. The van der Waals surface area contributed by atoms with Gasteiger partial charge in [0.05, 0.1) is 13.7 Å². The average molecular weight is 369 g/mol. The molecule has 5 nitrogen and oxygen atoms in total. The Morgan fingerprint density at radius 3 is 2.50 bits per heavy atom. The Bertz CT molecular complexity index is 981. The lowest BCUT2D eigenvalue weighted by Crippen LogP contribution is -2.29. The highest BCUT2D eigenvalue weighted by Crippen LogP contribution is 2.17. The van der Waals surface area contributed by atoms with Gasteiger partial charge in [-0.1, -0.05) is 29.8 Å². The highest BCUT2D eigenvalue weighted by atomic mass is 35.5. The van der Waals surface area contributed by atoms with Crippen LogP contribution in [-0.2, 0) is 6.54 Å². The normalized spacial score (nSPS) is 10.4. The van der Waals surface area contributed by atoms with Crippen molar-refractivity contribution < 1.29 is 9.53 Å². The van der Waals surface area contributed by atoms with Crippen LogP contribution >= 0.6 is 11.6 Å². The molecular formula is C20H17ClN2O3. The predicted molar refractivity (Wildman–Crippen MR) is 102 cm³/mol. The summed E-state index contributed by atoms with van der Waals surface area (Å²) in [5.74, 6) is 0.221. The molecule has 2 aromatic carbocycles. The molecule has 0 saturated carbocycles. The van der Waals surface area contributed by atoms with Crippen LogP contribution in [0.1, 0.15) is 15.9 Å². The van der Waals surface area contributed by atoms with Crippen LogP contribution in [0.4, 0.5) is 5.69 Å². The van der Waals surface area contributed by atoms with Crippen LogP contribution in [-0.4, -0.2) is 17.6 Å². The summed E-state index contributed by atoms with van der Waals surface area (Å²) in [7, 11) is 1.57. The molecule has 0 aliphatic heterocycles. The van der Waals surface area contributed by atoms with Crippen molar-refractivity contribution in [1.29, 1.82) is 0 Å². The van der Waals surface area contributed by atoms with Gasteiger partial charge in [-0.3, -0.25) is 9.59 Å². The van der Waals surface area contributed by atoms with Gasteiger partial charge in [0.25, 0.3) is 11.5 Å². The number of nitrogens with one attached hydrogen (secondary N) is 1. The highest BCUT2D eigenvalue weighted by molar-refractivity contribution is 6.31. The monoisotopic (exact) mass is 368 g/mol. The molecule has 0 unspecified atom stereocenters. The van der Waals surface area contributed by atoms with Crippen molar-refractivity contribution >= 4 is 23.2 Å². The van der Waals surface area contributed by atoms with Crippen LogP contribution in [0.5, 0.6) is 5.75 Å². The molecule has 1 amide bonds.